The molecule has 166 valence electrons. The van der Waals surface area contributed by atoms with Crippen LogP contribution in [0.5, 0.6) is 0 Å². The third-order valence-electron chi connectivity index (χ3n) is 5.00. The normalized spacial score (nSPS) is 11.5. The standard InChI is InChI=1S/C24H24ClN3O3S/c1-17-8-13-22(14-18(17)2)28(32(3,30)31)16-19-9-11-20(12-10-19)24(29)27-26-15-21-6-4-5-7-23(21)25/h4-15H,16H2,1-3H3,(H,27,29)/b26-15-. The molecule has 0 aliphatic rings. The molecule has 0 atom stereocenters. The monoisotopic (exact) mass is 469 g/mol. The summed E-state index contributed by atoms with van der Waals surface area (Å²) in [5.74, 6) is -0.381. The Hall–Kier alpha value is -3.16. The number of carbonyl (C=O) groups excluding carboxylic acids is 1. The van der Waals surface area contributed by atoms with Gasteiger partial charge in [0.2, 0.25) is 10.0 Å². The molecule has 0 unspecified atom stereocenters. The number of sulfonamides is 1. The Bertz CT molecular complexity index is 1260. The minimum atomic E-state index is -3.49. The first-order chi connectivity index (χ1) is 15.1. The molecule has 3 aromatic carbocycles. The first-order valence-corrected chi connectivity index (χ1v) is 12.1. The van der Waals surface area contributed by atoms with E-state index >= 15 is 0 Å². The average Bonchev–Trinajstić information content (AvgIpc) is 2.75. The fraction of sp³-hybridized carbons (Fsp3) is 0.167. The van der Waals surface area contributed by atoms with Gasteiger partial charge in [0.25, 0.3) is 5.91 Å². The van der Waals surface area contributed by atoms with Crippen molar-refractivity contribution in [3.8, 4) is 0 Å². The van der Waals surface area contributed by atoms with Crippen LogP contribution in [0.2, 0.25) is 5.02 Å². The van der Waals surface area contributed by atoms with Crippen LogP contribution in [0.15, 0.2) is 71.8 Å². The van der Waals surface area contributed by atoms with Crippen molar-refractivity contribution in [3.63, 3.8) is 0 Å². The summed E-state index contributed by atoms with van der Waals surface area (Å²) in [7, 11) is -3.49. The number of nitrogens with zero attached hydrogens (tertiary/aromatic N) is 2. The average molecular weight is 470 g/mol. The SMILES string of the molecule is Cc1ccc(N(Cc2ccc(C(=O)N/N=C\c3ccccc3Cl)cc2)S(C)(=O)=O)cc1C. The van der Waals surface area contributed by atoms with E-state index in [2.05, 4.69) is 10.5 Å². The van der Waals surface area contributed by atoms with Crippen molar-refractivity contribution < 1.29 is 13.2 Å². The van der Waals surface area contributed by atoms with Crippen LogP contribution >= 0.6 is 11.6 Å². The molecule has 0 fully saturated rings. The largest absolute Gasteiger partial charge is 0.271 e. The van der Waals surface area contributed by atoms with Crippen LogP contribution in [0.1, 0.15) is 32.6 Å². The number of benzene rings is 3. The quantitative estimate of drug-likeness (QED) is 0.403. The molecule has 0 bridgehead atoms. The highest BCUT2D eigenvalue weighted by Gasteiger charge is 2.18. The Kier molecular flexibility index (Phi) is 7.33. The molecule has 6 nitrogen and oxygen atoms in total. The molecule has 1 N–H and O–H groups in total. The van der Waals surface area contributed by atoms with E-state index in [-0.39, 0.29) is 12.5 Å². The van der Waals surface area contributed by atoms with Crippen LogP contribution in [0.25, 0.3) is 0 Å². The number of rotatable bonds is 7. The van der Waals surface area contributed by atoms with Gasteiger partial charge in [-0.1, -0.05) is 48.0 Å². The molecule has 0 saturated carbocycles. The number of aryl methyl sites for hydroxylation is 2. The smallest absolute Gasteiger partial charge is 0.267 e. The Morgan fingerprint density at radius 3 is 2.34 bits per heavy atom. The van der Waals surface area contributed by atoms with Crippen molar-refractivity contribution in [1.82, 2.24) is 5.43 Å². The van der Waals surface area contributed by atoms with Gasteiger partial charge in [0.15, 0.2) is 0 Å². The molecule has 32 heavy (non-hydrogen) atoms. The summed E-state index contributed by atoms with van der Waals surface area (Å²) in [5.41, 5.74) is 7.02. The summed E-state index contributed by atoms with van der Waals surface area (Å²) in [6, 6.07) is 19.4. The van der Waals surface area contributed by atoms with E-state index in [0.717, 1.165) is 16.7 Å². The van der Waals surface area contributed by atoms with Crippen molar-refractivity contribution in [3.05, 3.63) is 99.6 Å². The molecule has 0 aliphatic heterocycles. The van der Waals surface area contributed by atoms with Gasteiger partial charge in [-0.15, -0.1) is 0 Å². The van der Waals surface area contributed by atoms with E-state index in [9.17, 15) is 13.2 Å². The second-order valence-electron chi connectivity index (χ2n) is 7.46. The molecule has 3 aromatic rings. The number of hydrazone groups is 1. The summed E-state index contributed by atoms with van der Waals surface area (Å²) in [4.78, 5) is 12.3. The topological polar surface area (TPSA) is 78.8 Å². The van der Waals surface area contributed by atoms with Gasteiger partial charge in [-0.3, -0.25) is 9.10 Å². The fourth-order valence-corrected chi connectivity index (χ4v) is 4.08. The van der Waals surface area contributed by atoms with Crippen molar-refractivity contribution >= 4 is 39.4 Å². The maximum atomic E-state index is 12.4. The second-order valence-corrected chi connectivity index (χ2v) is 9.77. The van der Waals surface area contributed by atoms with E-state index in [1.165, 1.54) is 16.8 Å². The van der Waals surface area contributed by atoms with Gasteiger partial charge in [0, 0.05) is 16.1 Å². The van der Waals surface area contributed by atoms with Gasteiger partial charge >= 0.3 is 0 Å². The predicted molar refractivity (Wildman–Crippen MR) is 130 cm³/mol. The minimum Gasteiger partial charge on any atom is -0.267 e. The summed E-state index contributed by atoms with van der Waals surface area (Å²) < 4.78 is 26.2. The number of hydrogen-bond donors (Lipinski definition) is 1. The molecular weight excluding hydrogens is 446 g/mol. The van der Waals surface area contributed by atoms with E-state index < -0.39 is 10.0 Å². The van der Waals surface area contributed by atoms with Crippen molar-refractivity contribution in [1.29, 1.82) is 0 Å². The van der Waals surface area contributed by atoms with Crippen LogP contribution in [-0.4, -0.2) is 26.8 Å². The second kappa shape index (κ2) is 9.97. The first-order valence-electron chi connectivity index (χ1n) is 9.87. The Morgan fingerprint density at radius 1 is 1.03 bits per heavy atom. The van der Waals surface area contributed by atoms with Crippen LogP contribution in [-0.2, 0) is 16.6 Å². The first kappa shape index (κ1) is 23.5. The molecule has 0 spiro atoms. The summed E-state index contributed by atoms with van der Waals surface area (Å²) in [6.45, 7) is 4.08. The highest BCUT2D eigenvalue weighted by molar-refractivity contribution is 7.92. The van der Waals surface area contributed by atoms with Crippen LogP contribution in [0.3, 0.4) is 0 Å². The number of hydrogen-bond acceptors (Lipinski definition) is 4. The molecule has 8 heteroatoms. The van der Waals surface area contributed by atoms with E-state index in [4.69, 9.17) is 11.6 Å². The van der Waals surface area contributed by atoms with E-state index in [0.29, 0.717) is 21.8 Å². The van der Waals surface area contributed by atoms with Crippen LogP contribution in [0.4, 0.5) is 5.69 Å². The Labute approximate surface area is 193 Å². The lowest BCUT2D eigenvalue weighted by Crippen LogP contribution is -2.29. The fourth-order valence-electron chi connectivity index (χ4n) is 3.01. The third-order valence-corrected chi connectivity index (χ3v) is 6.48. The van der Waals surface area contributed by atoms with Crippen molar-refractivity contribution in [2.24, 2.45) is 5.10 Å². The summed E-state index contributed by atoms with van der Waals surface area (Å²) >= 11 is 6.06. The zero-order chi connectivity index (χ0) is 23.3. The van der Waals surface area contributed by atoms with Gasteiger partial charge in [0.1, 0.15) is 0 Å². The minimum absolute atomic E-state index is 0.161. The Morgan fingerprint density at radius 2 is 1.72 bits per heavy atom. The Balaban J connectivity index is 1.71. The molecule has 3 rings (SSSR count). The number of amides is 1. The zero-order valence-electron chi connectivity index (χ0n) is 18.0. The van der Waals surface area contributed by atoms with Gasteiger partial charge in [0.05, 0.1) is 24.7 Å². The van der Waals surface area contributed by atoms with Crippen molar-refractivity contribution in [2.75, 3.05) is 10.6 Å². The third kappa shape index (κ3) is 5.96. The number of carbonyl (C=O) groups is 1. The summed E-state index contributed by atoms with van der Waals surface area (Å²) in [5, 5.41) is 4.48. The van der Waals surface area contributed by atoms with E-state index in [1.807, 2.05) is 38.1 Å². The van der Waals surface area contributed by atoms with Gasteiger partial charge in [-0.05, 0) is 60.9 Å². The van der Waals surface area contributed by atoms with Crippen LogP contribution in [0, 0.1) is 13.8 Å². The molecule has 1 amide bonds. The lowest BCUT2D eigenvalue weighted by atomic mass is 10.1. The molecule has 0 saturated heterocycles. The lowest BCUT2D eigenvalue weighted by Gasteiger charge is -2.23. The lowest BCUT2D eigenvalue weighted by molar-refractivity contribution is 0.0955. The number of halogens is 1. The zero-order valence-corrected chi connectivity index (χ0v) is 19.6. The molecular formula is C24H24ClN3O3S. The molecule has 0 aliphatic carbocycles. The maximum Gasteiger partial charge on any atom is 0.271 e. The van der Waals surface area contributed by atoms with Gasteiger partial charge in [-0.2, -0.15) is 5.10 Å². The van der Waals surface area contributed by atoms with Crippen molar-refractivity contribution in [2.45, 2.75) is 20.4 Å². The van der Waals surface area contributed by atoms with Gasteiger partial charge < -0.3 is 0 Å². The highest BCUT2D eigenvalue weighted by Crippen LogP contribution is 2.23. The molecule has 0 heterocycles. The number of anilines is 1. The van der Waals surface area contributed by atoms with E-state index in [1.54, 1.807) is 42.5 Å². The van der Waals surface area contributed by atoms with Gasteiger partial charge in [-0.25, -0.2) is 13.8 Å². The maximum absolute atomic E-state index is 12.4. The number of nitrogens with one attached hydrogen (secondary N) is 1. The molecule has 0 aromatic heterocycles. The summed E-state index contributed by atoms with van der Waals surface area (Å²) in [6.07, 6.45) is 2.66. The molecule has 0 radical (unpaired) electrons. The van der Waals surface area contributed by atoms with Crippen LogP contribution < -0.4 is 9.73 Å². The predicted octanol–water partition coefficient (Wildman–Crippen LogP) is 4.69. The highest BCUT2D eigenvalue weighted by atomic mass is 35.5.